The molecule has 0 aliphatic carbocycles. The van der Waals surface area contributed by atoms with Crippen LogP contribution in [0.3, 0.4) is 0 Å². The lowest BCUT2D eigenvalue weighted by Gasteiger charge is -2.31. The maximum absolute atomic E-state index is 12.8. The Labute approximate surface area is 196 Å². The van der Waals surface area contributed by atoms with E-state index < -0.39 is 0 Å². The van der Waals surface area contributed by atoms with Crippen molar-refractivity contribution in [3.63, 3.8) is 0 Å². The highest BCUT2D eigenvalue weighted by Gasteiger charge is 2.23. The number of ether oxygens (including phenoxy) is 2. The van der Waals surface area contributed by atoms with Gasteiger partial charge in [0.05, 0.1) is 20.3 Å². The van der Waals surface area contributed by atoms with Crippen molar-refractivity contribution in [1.82, 2.24) is 10.2 Å². The molecule has 1 fully saturated rings. The maximum Gasteiger partial charge on any atom is 0.251 e. The van der Waals surface area contributed by atoms with Gasteiger partial charge in [0.2, 0.25) is 5.91 Å². The summed E-state index contributed by atoms with van der Waals surface area (Å²) in [6, 6.07) is 14.8. The molecule has 33 heavy (non-hydrogen) atoms. The molecule has 3 rings (SSSR count). The molecule has 0 spiro atoms. The predicted octanol–water partition coefficient (Wildman–Crippen LogP) is 3.95. The molecule has 7 heteroatoms. The highest BCUT2D eigenvalue weighted by atomic mass is 16.5. The molecule has 1 saturated heterocycles. The van der Waals surface area contributed by atoms with Gasteiger partial charge in [-0.15, -0.1) is 0 Å². The van der Waals surface area contributed by atoms with E-state index in [2.05, 4.69) is 29.4 Å². The molecule has 2 N–H and O–H groups in total. The van der Waals surface area contributed by atoms with E-state index in [1.807, 2.05) is 30.3 Å². The molecule has 178 valence electrons. The Morgan fingerprint density at radius 2 is 1.79 bits per heavy atom. The van der Waals surface area contributed by atoms with Crippen LogP contribution in [-0.4, -0.2) is 56.1 Å². The van der Waals surface area contributed by atoms with Crippen molar-refractivity contribution in [2.24, 2.45) is 5.92 Å². The number of methoxy groups -OCH3 is 1. The van der Waals surface area contributed by atoms with Gasteiger partial charge in [-0.2, -0.15) is 0 Å². The molecule has 0 saturated carbocycles. The number of hydrogen-bond acceptors (Lipinski definition) is 5. The fraction of sp³-hybridized carbons (Fsp3) is 0.462. The van der Waals surface area contributed by atoms with Crippen LogP contribution in [0.25, 0.3) is 0 Å². The fourth-order valence-electron chi connectivity index (χ4n) is 3.76. The minimum atomic E-state index is -0.123. The van der Waals surface area contributed by atoms with Crippen LogP contribution in [0, 0.1) is 5.92 Å². The third-order valence-electron chi connectivity index (χ3n) is 5.73. The summed E-state index contributed by atoms with van der Waals surface area (Å²) < 4.78 is 11.2. The molecule has 0 atom stereocenters. The molecular formula is C26H35N3O4. The average molecular weight is 454 g/mol. The monoisotopic (exact) mass is 453 g/mol. The molecular weight excluding hydrogens is 418 g/mol. The molecule has 0 radical (unpaired) electrons. The summed E-state index contributed by atoms with van der Waals surface area (Å²) in [7, 11) is 1.58. The summed E-state index contributed by atoms with van der Waals surface area (Å²) in [6.07, 6.45) is 2.56. The van der Waals surface area contributed by atoms with Gasteiger partial charge < -0.3 is 20.1 Å². The van der Waals surface area contributed by atoms with Crippen molar-refractivity contribution < 1.29 is 19.1 Å². The number of likely N-dealkylation sites (tertiary alicyclic amines) is 1. The minimum absolute atomic E-state index is 0.0218. The van der Waals surface area contributed by atoms with Crippen LogP contribution in [0.1, 0.15) is 43.5 Å². The quantitative estimate of drug-likeness (QED) is 0.569. The second-order valence-corrected chi connectivity index (χ2v) is 8.83. The molecule has 2 aromatic carbocycles. The highest BCUT2D eigenvalue weighted by Crippen LogP contribution is 2.28. The number of piperidine rings is 1. The zero-order valence-electron chi connectivity index (χ0n) is 19.8. The number of nitrogens with zero attached hydrogens (tertiary/aromatic N) is 1. The van der Waals surface area contributed by atoms with Crippen LogP contribution < -0.4 is 20.1 Å². The zero-order chi connectivity index (χ0) is 23.6. The Hall–Kier alpha value is -3.06. The smallest absolute Gasteiger partial charge is 0.251 e. The van der Waals surface area contributed by atoms with Gasteiger partial charge in [0, 0.05) is 30.4 Å². The third-order valence-corrected chi connectivity index (χ3v) is 5.73. The van der Waals surface area contributed by atoms with Crippen LogP contribution in [0.2, 0.25) is 0 Å². The Morgan fingerprint density at radius 3 is 2.45 bits per heavy atom. The van der Waals surface area contributed by atoms with E-state index in [-0.39, 0.29) is 17.9 Å². The summed E-state index contributed by atoms with van der Waals surface area (Å²) >= 11 is 0. The number of hydrogen-bond donors (Lipinski definition) is 2. The number of rotatable bonds is 10. The van der Waals surface area contributed by atoms with Crippen molar-refractivity contribution >= 4 is 17.5 Å². The number of anilines is 1. The molecule has 1 aliphatic heterocycles. The minimum Gasteiger partial charge on any atom is -0.493 e. The Kier molecular flexibility index (Phi) is 9.13. The Balaban J connectivity index is 1.45. The van der Waals surface area contributed by atoms with E-state index in [0.29, 0.717) is 36.1 Å². The molecule has 7 nitrogen and oxygen atoms in total. The highest BCUT2D eigenvalue weighted by molar-refractivity contribution is 5.95. The molecule has 0 unspecified atom stereocenters. The van der Waals surface area contributed by atoms with Crippen molar-refractivity contribution in [2.45, 2.75) is 39.2 Å². The fourth-order valence-corrected chi connectivity index (χ4v) is 3.76. The zero-order valence-corrected chi connectivity index (χ0v) is 19.8. The van der Waals surface area contributed by atoms with Crippen LogP contribution in [0.5, 0.6) is 11.5 Å². The summed E-state index contributed by atoms with van der Waals surface area (Å²) in [4.78, 5) is 27.2. The number of carbonyl (C=O) groups excluding carboxylic acids is 2. The number of nitrogens with one attached hydrogen (secondary N) is 2. The molecule has 0 bridgehead atoms. The van der Waals surface area contributed by atoms with Gasteiger partial charge >= 0.3 is 0 Å². The molecule has 2 aromatic rings. The lowest BCUT2D eigenvalue weighted by molar-refractivity contribution is -0.117. The van der Waals surface area contributed by atoms with Crippen LogP contribution in [-0.2, 0) is 4.79 Å². The van der Waals surface area contributed by atoms with Crippen molar-refractivity contribution in [3.05, 3.63) is 54.1 Å². The molecule has 1 heterocycles. The van der Waals surface area contributed by atoms with Crippen LogP contribution in [0.15, 0.2) is 48.5 Å². The van der Waals surface area contributed by atoms with Crippen molar-refractivity contribution in [2.75, 3.05) is 38.7 Å². The van der Waals surface area contributed by atoms with E-state index in [9.17, 15) is 9.59 Å². The Bertz CT molecular complexity index is 909. The molecule has 2 amide bonds. The van der Waals surface area contributed by atoms with E-state index in [4.69, 9.17) is 9.47 Å². The number of carbonyl (C=O) groups is 2. The van der Waals surface area contributed by atoms with Gasteiger partial charge in [0.1, 0.15) is 0 Å². The maximum atomic E-state index is 12.8. The Morgan fingerprint density at radius 1 is 1.06 bits per heavy atom. The topological polar surface area (TPSA) is 79.9 Å². The summed E-state index contributed by atoms with van der Waals surface area (Å²) in [5.74, 6) is 1.63. The second-order valence-electron chi connectivity index (χ2n) is 8.83. The first-order chi connectivity index (χ1) is 15.9. The first-order valence-electron chi connectivity index (χ1n) is 11.6. The van der Waals surface area contributed by atoms with Gasteiger partial charge in [0.15, 0.2) is 11.5 Å². The lowest BCUT2D eigenvalue weighted by atomic mass is 10.0. The van der Waals surface area contributed by atoms with Gasteiger partial charge in [-0.05, 0) is 55.5 Å². The van der Waals surface area contributed by atoms with E-state index >= 15 is 0 Å². The first kappa shape index (κ1) is 24.6. The molecule has 0 aromatic heterocycles. The average Bonchev–Trinajstić information content (AvgIpc) is 2.81. The van der Waals surface area contributed by atoms with Gasteiger partial charge in [-0.25, -0.2) is 0 Å². The van der Waals surface area contributed by atoms with Crippen LogP contribution >= 0.6 is 0 Å². The summed E-state index contributed by atoms with van der Waals surface area (Å²) in [5.41, 5.74) is 1.35. The van der Waals surface area contributed by atoms with Crippen LogP contribution in [0.4, 0.5) is 5.69 Å². The standard InChI is InChI=1S/C26H35N3O4/c1-19(2)13-16-33-23-10-9-20(17-24(23)32-3)26(31)28-22-11-14-29(15-12-22)18-25(30)27-21-7-5-4-6-8-21/h4-10,17,19,22H,11-16,18H2,1-3H3,(H,27,30)(H,28,31). The normalized spacial score (nSPS) is 14.7. The second kappa shape index (κ2) is 12.3. The SMILES string of the molecule is COc1cc(C(=O)NC2CCN(CC(=O)Nc3ccccc3)CC2)ccc1OCCC(C)C. The number of benzene rings is 2. The van der Waals surface area contributed by atoms with Gasteiger partial charge in [0.25, 0.3) is 5.91 Å². The summed E-state index contributed by atoms with van der Waals surface area (Å²) in [6.45, 7) is 6.79. The van der Waals surface area contributed by atoms with Crippen molar-refractivity contribution in [1.29, 1.82) is 0 Å². The largest absolute Gasteiger partial charge is 0.493 e. The number of amides is 2. The summed E-state index contributed by atoms with van der Waals surface area (Å²) in [5, 5.41) is 6.03. The van der Waals surface area contributed by atoms with Gasteiger partial charge in [-0.1, -0.05) is 32.0 Å². The lowest BCUT2D eigenvalue weighted by Crippen LogP contribution is -2.46. The van der Waals surface area contributed by atoms with E-state index in [1.165, 1.54) is 0 Å². The number of para-hydroxylation sites is 1. The first-order valence-corrected chi connectivity index (χ1v) is 11.6. The van der Waals surface area contributed by atoms with Crippen molar-refractivity contribution in [3.8, 4) is 11.5 Å². The van der Waals surface area contributed by atoms with E-state index in [1.54, 1.807) is 25.3 Å². The van der Waals surface area contributed by atoms with E-state index in [0.717, 1.165) is 38.0 Å². The molecule has 1 aliphatic rings. The van der Waals surface area contributed by atoms with Gasteiger partial charge in [-0.3, -0.25) is 14.5 Å². The third kappa shape index (κ3) is 7.79. The predicted molar refractivity (Wildman–Crippen MR) is 130 cm³/mol.